The summed E-state index contributed by atoms with van der Waals surface area (Å²) in [5, 5.41) is 4.11. The van der Waals surface area contributed by atoms with Gasteiger partial charge in [-0.2, -0.15) is 4.98 Å². The molecule has 0 bridgehead atoms. The SMILES string of the molecule is COc1cccc(CN2CC[C@H](c3nc(-c4ccncc4)no3)C2)c1. The van der Waals surface area contributed by atoms with Gasteiger partial charge in [-0.25, -0.2) is 0 Å². The van der Waals surface area contributed by atoms with E-state index in [2.05, 4.69) is 32.2 Å². The first-order valence-corrected chi connectivity index (χ1v) is 8.41. The molecule has 3 heterocycles. The number of ether oxygens (including phenoxy) is 1. The van der Waals surface area contributed by atoms with Gasteiger partial charge < -0.3 is 9.26 Å². The number of benzene rings is 1. The predicted molar refractivity (Wildman–Crippen MR) is 93.2 cm³/mol. The first-order valence-electron chi connectivity index (χ1n) is 8.41. The van der Waals surface area contributed by atoms with Crippen LogP contribution in [0.4, 0.5) is 0 Å². The number of pyridine rings is 1. The van der Waals surface area contributed by atoms with E-state index < -0.39 is 0 Å². The minimum Gasteiger partial charge on any atom is -0.497 e. The first-order chi connectivity index (χ1) is 12.3. The molecule has 1 aliphatic heterocycles. The predicted octanol–water partition coefficient (Wildman–Crippen LogP) is 3.13. The summed E-state index contributed by atoms with van der Waals surface area (Å²) in [5.74, 6) is 2.53. The Labute approximate surface area is 146 Å². The van der Waals surface area contributed by atoms with E-state index in [-0.39, 0.29) is 5.92 Å². The van der Waals surface area contributed by atoms with Crippen LogP contribution >= 0.6 is 0 Å². The van der Waals surface area contributed by atoms with Crippen LogP contribution in [-0.2, 0) is 6.54 Å². The normalized spacial score (nSPS) is 17.7. The molecule has 0 N–H and O–H groups in total. The lowest BCUT2D eigenvalue weighted by Gasteiger charge is -2.15. The summed E-state index contributed by atoms with van der Waals surface area (Å²) < 4.78 is 10.8. The zero-order valence-electron chi connectivity index (χ0n) is 14.1. The van der Waals surface area contributed by atoms with Gasteiger partial charge in [0, 0.05) is 31.0 Å². The fourth-order valence-corrected chi connectivity index (χ4v) is 3.23. The average molecular weight is 336 g/mol. The molecular weight excluding hydrogens is 316 g/mol. The minimum atomic E-state index is 0.286. The maximum absolute atomic E-state index is 5.51. The van der Waals surface area contributed by atoms with Crippen molar-refractivity contribution in [2.24, 2.45) is 0 Å². The summed E-state index contributed by atoms with van der Waals surface area (Å²) >= 11 is 0. The second kappa shape index (κ2) is 7.03. The molecule has 0 unspecified atom stereocenters. The summed E-state index contributed by atoms with van der Waals surface area (Å²) in [6.07, 6.45) is 4.50. The van der Waals surface area contributed by atoms with Crippen LogP contribution in [-0.4, -0.2) is 40.2 Å². The van der Waals surface area contributed by atoms with Crippen molar-refractivity contribution in [3.8, 4) is 17.1 Å². The molecule has 0 spiro atoms. The fraction of sp³-hybridized carbons (Fsp3) is 0.316. The maximum Gasteiger partial charge on any atom is 0.231 e. The first kappa shape index (κ1) is 15.8. The van der Waals surface area contributed by atoms with Crippen molar-refractivity contribution in [3.63, 3.8) is 0 Å². The lowest BCUT2D eigenvalue weighted by atomic mass is 10.1. The van der Waals surface area contributed by atoms with E-state index in [9.17, 15) is 0 Å². The number of hydrogen-bond donors (Lipinski definition) is 0. The molecule has 0 radical (unpaired) electrons. The van der Waals surface area contributed by atoms with E-state index in [1.807, 2.05) is 24.3 Å². The molecule has 1 aromatic carbocycles. The van der Waals surface area contributed by atoms with Crippen LogP contribution < -0.4 is 4.74 Å². The van der Waals surface area contributed by atoms with Gasteiger partial charge >= 0.3 is 0 Å². The van der Waals surface area contributed by atoms with Gasteiger partial charge in [0.2, 0.25) is 11.7 Å². The molecule has 128 valence electrons. The van der Waals surface area contributed by atoms with Crippen molar-refractivity contribution in [2.45, 2.75) is 18.9 Å². The third-order valence-corrected chi connectivity index (χ3v) is 4.54. The minimum absolute atomic E-state index is 0.286. The summed E-state index contributed by atoms with van der Waals surface area (Å²) in [7, 11) is 1.70. The number of rotatable bonds is 5. The Morgan fingerprint density at radius 2 is 2.12 bits per heavy atom. The van der Waals surface area contributed by atoms with Crippen LogP contribution in [0.25, 0.3) is 11.4 Å². The van der Waals surface area contributed by atoms with Crippen molar-refractivity contribution in [3.05, 3.63) is 60.2 Å². The number of nitrogens with zero attached hydrogens (tertiary/aromatic N) is 4. The Morgan fingerprint density at radius 1 is 1.24 bits per heavy atom. The second-order valence-electron chi connectivity index (χ2n) is 6.26. The van der Waals surface area contributed by atoms with Crippen molar-refractivity contribution in [1.29, 1.82) is 0 Å². The van der Waals surface area contributed by atoms with E-state index in [4.69, 9.17) is 9.26 Å². The van der Waals surface area contributed by atoms with Gasteiger partial charge in [0.1, 0.15) is 5.75 Å². The monoisotopic (exact) mass is 336 g/mol. The van der Waals surface area contributed by atoms with Crippen LogP contribution in [0.3, 0.4) is 0 Å². The summed E-state index contributed by atoms with van der Waals surface area (Å²) in [6, 6.07) is 12.0. The van der Waals surface area contributed by atoms with E-state index >= 15 is 0 Å². The highest BCUT2D eigenvalue weighted by Crippen LogP contribution is 2.29. The average Bonchev–Trinajstić information content (AvgIpc) is 3.32. The Bertz CT molecular complexity index is 834. The van der Waals surface area contributed by atoms with E-state index in [0.29, 0.717) is 5.82 Å². The van der Waals surface area contributed by atoms with Crippen molar-refractivity contribution >= 4 is 0 Å². The molecular formula is C19H20N4O2. The van der Waals surface area contributed by atoms with E-state index in [0.717, 1.165) is 43.3 Å². The van der Waals surface area contributed by atoms with Crippen LogP contribution in [0.5, 0.6) is 5.75 Å². The fourth-order valence-electron chi connectivity index (χ4n) is 3.23. The van der Waals surface area contributed by atoms with E-state index in [1.165, 1.54) is 5.56 Å². The number of likely N-dealkylation sites (tertiary alicyclic amines) is 1. The molecule has 1 aliphatic rings. The molecule has 1 fully saturated rings. The molecule has 6 heteroatoms. The van der Waals surface area contributed by atoms with Crippen molar-refractivity contribution < 1.29 is 9.26 Å². The lowest BCUT2D eigenvalue weighted by molar-refractivity contribution is 0.308. The molecule has 0 amide bonds. The highest BCUT2D eigenvalue weighted by molar-refractivity contribution is 5.52. The second-order valence-corrected chi connectivity index (χ2v) is 6.26. The zero-order chi connectivity index (χ0) is 17.1. The smallest absolute Gasteiger partial charge is 0.231 e. The summed E-state index contributed by atoms with van der Waals surface area (Å²) in [6.45, 7) is 2.85. The Balaban J connectivity index is 1.41. The largest absolute Gasteiger partial charge is 0.497 e. The van der Waals surface area contributed by atoms with Crippen LogP contribution in [0.2, 0.25) is 0 Å². The van der Waals surface area contributed by atoms with Crippen LogP contribution in [0.1, 0.15) is 23.8 Å². The molecule has 2 aromatic heterocycles. The van der Waals surface area contributed by atoms with Crippen LogP contribution in [0, 0.1) is 0 Å². The molecule has 4 rings (SSSR count). The topological polar surface area (TPSA) is 64.3 Å². The van der Waals surface area contributed by atoms with Gasteiger partial charge in [-0.05, 0) is 42.8 Å². The molecule has 1 atom stereocenters. The summed E-state index contributed by atoms with van der Waals surface area (Å²) in [4.78, 5) is 11.0. The van der Waals surface area contributed by atoms with Gasteiger partial charge in [0.05, 0.1) is 13.0 Å². The zero-order valence-corrected chi connectivity index (χ0v) is 14.1. The van der Waals surface area contributed by atoms with Crippen molar-refractivity contribution in [1.82, 2.24) is 20.0 Å². The molecule has 1 saturated heterocycles. The molecule has 0 saturated carbocycles. The number of hydrogen-bond acceptors (Lipinski definition) is 6. The Kier molecular flexibility index (Phi) is 4.43. The molecule has 25 heavy (non-hydrogen) atoms. The van der Waals surface area contributed by atoms with Crippen molar-refractivity contribution in [2.75, 3.05) is 20.2 Å². The van der Waals surface area contributed by atoms with Gasteiger partial charge in [0.15, 0.2) is 0 Å². The van der Waals surface area contributed by atoms with Gasteiger partial charge in [-0.1, -0.05) is 17.3 Å². The molecule has 3 aromatic rings. The molecule has 6 nitrogen and oxygen atoms in total. The van der Waals surface area contributed by atoms with Gasteiger partial charge in [-0.15, -0.1) is 0 Å². The quantitative estimate of drug-likeness (QED) is 0.713. The third kappa shape index (κ3) is 3.53. The summed E-state index contributed by atoms with van der Waals surface area (Å²) in [5.41, 5.74) is 2.18. The number of aromatic nitrogens is 3. The maximum atomic E-state index is 5.51. The number of methoxy groups -OCH3 is 1. The third-order valence-electron chi connectivity index (χ3n) is 4.54. The Hall–Kier alpha value is -2.73. The Morgan fingerprint density at radius 3 is 2.96 bits per heavy atom. The van der Waals surface area contributed by atoms with Gasteiger partial charge in [0.25, 0.3) is 0 Å². The highest BCUT2D eigenvalue weighted by atomic mass is 16.5. The lowest BCUT2D eigenvalue weighted by Crippen LogP contribution is -2.19. The molecule has 0 aliphatic carbocycles. The van der Waals surface area contributed by atoms with E-state index in [1.54, 1.807) is 19.5 Å². The standard InChI is InChI=1S/C19H20N4O2/c1-24-17-4-2-3-14(11-17)12-23-10-7-16(13-23)19-21-18(22-25-19)15-5-8-20-9-6-15/h2-6,8-9,11,16H,7,10,12-13H2,1H3/t16-/m0/s1. The van der Waals surface area contributed by atoms with Crippen LogP contribution in [0.15, 0.2) is 53.3 Å². The van der Waals surface area contributed by atoms with Gasteiger partial charge in [-0.3, -0.25) is 9.88 Å². The highest BCUT2D eigenvalue weighted by Gasteiger charge is 2.28.